The molecule has 1 amide bonds. The molecular weight excluding hydrogens is 476 g/mol. The number of fused-ring (bicyclic) bond motifs is 1. The van der Waals surface area contributed by atoms with Crippen LogP contribution in [-0.4, -0.2) is 28.9 Å². The average Bonchev–Trinajstić information content (AvgIpc) is 3.36. The van der Waals surface area contributed by atoms with Crippen LogP contribution in [0.3, 0.4) is 0 Å². The number of methoxy groups -OCH3 is 1. The van der Waals surface area contributed by atoms with Gasteiger partial charge in [0.1, 0.15) is 11.5 Å². The van der Waals surface area contributed by atoms with Crippen molar-refractivity contribution in [2.45, 2.75) is 26.3 Å². The predicted octanol–water partition coefficient (Wildman–Crippen LogP) is 6.33. The highest BCUT2D eigenvalue weighted by Crippen LogP contribution is 2.45. The van der Waals surface area contributed by atoms with Crippen LogP contribution >= 0.6 is 11.6 Å². The van der Waals surface area contributed by atoms with Crippen LogP contribution < -0.4 is 9.64 Å². The highest BCUT2D eigenvalue weighted by molar-refractivity contribution is 6.52. The molecule has 1 aliphatic rings. The monoisotopic (exact) mass is 500 g/mol. The van der Waals surface area contributed by atoms with Crippen molar-refractivity contribution < 1.29 is 19.4 Å². The highest BCUT2D eigenvalue weighted by atomic mass is 35.5. The van der Waals surface area contributed by atoms with Crippen molar-refractivity contribution in [1.29, 1.82) is 0 Å². The molecule has 0 aliphatic carbocycles. The number of aliphatic hydroxyl groups is 1. The maximum absolute atomic E-state index is 13.5. The first-order valence-electron chi connectivity index (χ1n) is 11.7. The summed E-state index contributed by atoms with van der Waals surface area (Å²) >= 11 is 6.18. The van der Waals surface area contributed by atoms with E-state index in [0.717, 1.165) is 34.1 Å². The molecule has 1 fully saturated rings. The number of hydrogen-bond acceptors (Lipinski definition) is 4. The lowest BCUT2D eigenvalue weighted by Gasteiger charge is -2.26. The molecule has 1 aliphatic heterocycles. The number of anilines is 1. The van der Waals surface area contributed by atoms with Crippen LogP contribution in [0.25, 0.3) is 16.7 Å². The standard InChI is InChI=1S/C29H25ClN2O4/c1-4-17-9-12-19(13-10-17)32-26(24-16(2)31-22-8-6-5-7-20(22)24)25(28(34)29(32)35)27(33)18-11-14-21(30)23(15-18)36-3/h5-15,26,31,33H,4H2,1-3H3/b27-25+. The second-order valence-electron chi connectivity index (χ2n) is 8.75. The van der Waals surface area contributed by atoms with Crippen LogP contribution in [-0.2, 0) is 16.0 Å². The lowest BCUT2D eigenvalue weighted by atomic mass is 9.93. The Morgan fingerprint density at radius 2 is 1.81 bits per heavy atom. The van der Waals surface area contributed by atoms with E-state index in [2.05, 4.69) is 11.9 Å². The van der Waals surface area contributed by atoms with E-state index < -0.39 is 17.7 Å². The quantitative estimate of drug-likeness (QED) is 0.191. The fraction of sp³-hybridized carbons (Fsp3) is 0.172. The Morgan fingerprint density at radius 1 is 1.08 bits per heavy atom. The summed E-state index contributed by atoms with van der Waals surface area (Å²) < 4.78 is 5.30. The first kappa shape index (κ1) is 23.7. The van der Waals surface area contributed by atoms with Crippen molar-refractivity contribution in [3.8, 4) is 5.75 Å². The Balaban J connectivity index is 1.79. The number of H-pyrrole nitrogens is 1. The van der Waals surface area contributed by atoms with Gasteiger partial charge in [-0.1, -0.05) is 48.9 Å². The smallest absolute Gasteiger partial charge is 0.300 e. The number of ketones is 1. The SMILES string of the molecule is CCc1ccc(N2C(=O)C(=O)/C(=C(/O)c3ccc(Cl)c(OC)c3)C2c2c(C)[nH]c3ccccc23)cc1. The number of halogens is 1. The van der Waals surface area contributed by atoms with Crippen LogP contribution in [0.2, 0.25) is 5.02 Å². The van der Waals surface area contributed by atoms with Gasteiger partial charge in [-0.3, -0.25) is 14.5 Å². The van der Waals surface area contributed by atoms with Crippen LogP contribution in [0.15, 0.2) is 72.3 Å². The zero-order valence-corrected chi connectivity index (χ0v) is 20.9. The number of ether oxygens (including phenoxy) is 1. The summed E-state index contributed by atoms with van der Waals surface area (Å²) in [6.45, 7) is 3.96. The molecule has 1 atom stereocenters. The minimum Gasteiger partial charge on any atom is -0.507 e. The van der Waals surface area contributed by atoms with E-state index in [1.54, 1.807) is 18.2 Å². The first-order valence-corrected chi connectivity index (χ1v) is 12.0. The number of nitrogens with zero attached hydrogens (tertiary/aromatic N) is 1. The van der Waals surface area contributed by atoms with Crippen molar-refractivity contribution in [3.05, 3.63) is 99.7 Å². The summed E-state index contributed by atoms with van der Waals surface area (Å²) in [6.07, 6.45) is 0.850. The van der Waals surface area contributed by atoms with E-state index in [1.807, 2.05) is 55.5 Å². The molecule has 6 nitrogen and oxygen atoms in total. The second-order valence-corrected chi connectivity index (χ2v) is 9.15. The van der Waals surface area contributed by atoms with E-state index >= 15 is 0 Å². The summed E-state index contributed by atoms with van der Waals surface area (Å²) in [6, 6.07) is 19.2. The molecule has 0 radical (unpaired) electrons. The molecule has 1 unspecified atom stereocenters. The molecule has 4 aromatic rings. The van der Waals surface area contributed by atoms with Gasteiger partial charge in [0.05, 0.1) is 23.7 Å². The molecule has 2 N–H and O–H groups in total. The summed E-state index contributed by atoms with van der Waals surface area (Å²) in [7, 11) is 1.47. The van der Waals surface area contributed by atoms with Crippen LogP contribution in [0.1, 0.15) is 35.3 Å². The van der Waals surface area contributed by atoms with E-state index in [1.165, 1.54) is 12.0 Å². The Kier molecular flexibility index (Phi) is 6.06. The number of para-hydroxylation sites is 1. The Morgan fingerprint density at radius 3 is 2.50 bits per heavy atom. The van der Waals surface area contributed by atoms with Gasteiger partial charge in [-0.05, 0) is 55.3 Å². The highest BCUT2D eigenvalue weighted by Gasteiger charge is 2.48. The average molecular weight is 501 g/mol. The van der Waals surface area contributed by atoms with Gasteiger partial charge in [-0.15, -0.1) is 0 Å². The normalized spacial score (nSPS) is 17.2. The molecule has 7 heteroatoms. The number of aromatic nitrogens is 1. The first-order chi connectivity index (χ1) is 17.3. The van der Waals surface area contributed by atoms with Gasteiger partial charge in [0, 0.05) is 33.4 Å². The van der Waals surface area contributed by atoms with E-state index in [9.17, 15) is 14.7 Å². The van der Waals surface area contributed by atoms with Gasteiger partial charge in [0.25, 0.3) is 11.7 Å². The fourth-order valence-corrected chi connectivity index (χ4v) is 5.07. The minimum atomic E-state index is -0.838. The number of Topliss-reactive ketones (excluding diaryl/α,β-unsaturated/α-hetero) is 1. The molecule has 1 saturated heterocycles. The number of aryl methyl sites for hydroxylation is 2. The summed E-state index contributed by atoms with van der Waals surface area (Å²) in [5, 5.41) is 12.7. The Labute approximate surface area is 213 Å². The molecular formula is C29H25ClN2O4. The van der Waals surface area contributed by atoms with Crippen molar-refractivity contribution in [3.63, 3.8) is 0 Å². The number of benzene rings is 3. The van der Waals surface area contributed by atoms with Gasteiger partial charge >= 0.3 is 0 Å². The molecule has 5 rings (SSSR count). The maximum atomic E-state index is 13.5. The number of amides is 1. The molecule has 182 valence electrons. The van der Waals surface area contributed by atoms with Crippen molar-refractivity contribution in [2.24, 2.45) is 0 Å². The molecule has 2 heterocycles. The molecule has 36 heavy (non-hydrogen) atoms. The van der Waals surface area contributed by atoms with Gasteiger partial charge in [0.2, 0.25) is 0 Å². The molecule has 0 bridgehead atoms. The topological polar surface area (TPSA) is 82.6 Å². The number of nitrogens with one attached hydrogen (secondary N) is 1. The van der Waals surface area contributed by atoms with Crippen LogP contribution in [0.4, 0.5) is 5.69 Å². The molecule has 0 spiro atoms. The van der Waals surface area contributed by atoms with E-state index in [-0.39, 0.29) is 11.3 Å². The number of carbonyl (C=O) groups is 2. The van der Waals surface area contributed by atoms with Gasteiger partial charge in [0.15, 0.2) is 0 Å². The third-order valence-electron chi connectivity index (χ3n) is 6.71. The zero-order chi connectivity index (χ0) is 25.6. The zero-order valence-electron chi connectivity index (χ0n) is 20.1. The van der Waals surface area contributed by atoms with Crippen LogP contribution in [0.5, 0.6) is 5.75 Å². The second kappa shape index (κ2) is 9.21. The lowest BCUT2D eigenvalue weighted by Crippen LogP contribution is -2.29. The Bertz CT molecular complexity index is 1530. The number of hydrogen-bond donors (Lipinski definition) is 2. The van der Waals surface area contributed by atoms with Crippen molar-refractivity contribution in [2.75, 3.05) is 12.0 Å². The summed E-state index contributed by atoms with van der Waals surface area (Å²) in [5.74, 6) is -1.39. The van der Waals surface area contributed by atoms with Gasteiger partial charge < -0.3 is 14.8 Å². The third kappa shape index (κ3) is 3.74. The predicted molar refractivity (Wildman–Crippen MR) is 142 cm³/mol. The van der Waals surface area contributed by atoms with Gasteiger partial charge in [-0.25, -0.2) is 0 Å². The van der Waals surface area contributed by atoms with Crippen LogP contribution in [0, 0.1) is 6.92 Å². The van der Waals surface area contributed by atoms with Crippen molar-refractivity contribution >= 4 is 45.6 Å². The lowest BCUT2D eigenvalue weighted by molar-refractivity contribution is -0.132. The van der Waals surface area contributed by atoms with Gasteiger partial charge in [-0.2, -0.15) is 0 Å². The Hall–Kier alpha value is -4.03. The largest absolute Gasteiger partial charge is 0.507 e. The van der Waals surface area contributed by atoms with Crippen molar-refractivity contribution in [1.82, 2.24) is 4.98 Å². The molecule has 1 aromatic heterocycles. The summed E-state index contributed by atoms with van der Waals surface area (Å²) in [5.41, 5.74) is 4.48. The molecule has 3 aromatic carbocycles. The number of aromatic amines is 1. The number of carbonyl (C=O) groups excluding carboxylic acids is 2. The number of aliphatic hydroxyl groups excluding tert-OH is 1. The van der Waals surface area contributed by atoms with E-state index in [0.29, 0.717) is 22.0 Å². The third-order valence-corrected chi connectivity index (χ3v) is 7.02. The fourth-order valence-electron chi connectivity index (χ4n) is 4.88. The summed E-state index contributed by atoms with van der Waals surface area (Å²) in [4.78, 5) is 31.9. The number of rotatable bonds is 5. The van der Waals surface area contributed by atoms with E-state index in [4.69, 9.17) is 16.3 Å². The minimum absolute atomic E-state index is 0.0109. The molecule has 0 saturated carbocycles. The maximum Gasteiger partial charge on any atom is 0.300 e.